The Bertz CT molecular complexity index is 582. The molecule has 0 radical (unpaired) electrons. The topological polar surface area (TPSA) is 80.0 Å². The van der Waals surface area contributed by atoms with Crippen LogP contribution in [0.2, 0.25) is 0 Å². The second-order valence-electron chi connectivity index (χ2n) is 4.06. The molecule has 1 atom stereocenters. The number of rotatable bonds is 2. The minimum absolute atomic E-state index is 0.312. The number of hydrogen-bond acceptors (Lipinski definition) is 5. The zero-order valence-corrected chi connectivity index (χ0v) is 9.56. The summed E-state index contributed by atoms with van der Waals surface area (Å²) in [5.41, 5.74) is 0.742. The fourth-order valence-corrected chi connectivity index (χ4v) is 1.99. The van der Waals surface area contributed by atoms with Crippen molar-refractivity contribution in [2.75, 3.05) is 24.6 Å². The Kier molecular flexibility index (Phi) is 2.60. The van der Waals surface area contributed by atoms with Gasteiger partial charge in [0.25, 0.3) is 0 Å². The largest absolute Gasteiger partial charge is 0.479 e. The maximum atomic E-state index is 10.9. The molecule has 7 heteroatoms. The molecule has 3 heterocycles. The summed E-state index contributed by atoms with van der Waals surface area (Å²) in [6.45, 7) is 1.34. The molecular formula is C11H12N4O3. The standard InChI is InChI=1S/C11H12N4O3/c16-11(17)8-7-14(5-6-18-8)9-2-4-15-10(13-9)1-3-12-15/h1-4,8H,5-7H2,(H,16,17). The molecule has 2 aromatic rings. The van der Waals surface area contributed by atoms with Crippen molar-refractivity contribution in [3.63, 3.8) is 0 Å². The second-order valence-corrected chi connectivity index (χ2v) is 4.06. The summed E-state index contributed by atoms with van der Waals surface area (Å²) in [7, 11) is 0. The number of morpholine rings is 1. The van der Waals surface area contributed by atoms with Gasteiger partial charge in [-0.05, 0) is 6.07 Å². The third-order valence-corrected chi connectivity index (χ3v) is 2.91. The molecule has 7 nitrogen and oxygen atoms in total. The van der Waals surface area contributed by atoms with Gasteiger partial charge in [0.05, 0.1) is 19.3 Å². The summed E-state index contributed by atoms with van der Waals surface area (Å²) in [4.78, 5) is 17.3. The highest BCUT2D eigenvalue weighted by atomic mass is 16.5. The Morgan fingerprint density at radius 3 is 3.22 bits per heavy atom. The molecular weight excluding hydrogens is 236 g/mol. The molecule has 0 spiro atoms. The van der Waals surface area contributed by atoms with Crippen molar-refractivity contribution < 1.29 is 14.6 Å². The summed E-state index contributed by atoms with van der Waals surface area (Å²) in [5, 5.41) is 13.0. The number of ether oxygens (including phenoxy) is 1. The Morgan fingerprint density at radius 1 is 1.50 bits per heavy atom. The van der Waals surface area contributed by atoms with Crippen molar-refractivity contribution in [2.45, 2.75) is 6.10 Å². The number of carbonyl (C=O) groups is 1. The molecule has 1 N–H and O–H groups in total. The number of carboxylic acid groups (broad SMARTS) is 1. The van der Waals surface area contributed by atoms with Crippen LogP contribution in [0, 0.1) is 0 Å². The molecule has 1 unspecified atom stereocenters. The van der Waals surface area contributed by atoms with E-state index in [1.165, 1.54) is 0 Å². The van der Waals surface area contributed by atoms with Crippen molar-refractivity contribution in [3.05, 3.63) is 24.5 Å². The van der Waals surface area contributed by atoms with Crippen LogP contribution in [0.15, 0.2) is 24.5 Å². The fourth-order valence-electron chi connectivity index (χ4n) is 1.99. The average molecular weight is 248 g/mol. The van der Waals surface area contributed by atoms with E-state index in [0.717, 1.165) is 11.5 Å². The van der Waals surface area contributed by atoms with Crippen LogP contribution in [-0.4, -0.2) is 51.5 Å². The van der Waals surface area contributed by atoms with Crippen LogP contribution in [-0.2, 0) is 9.53 Å². The zero-order valence-electron chi connectivity index (χ0n) is 9.56. The molecule has 0 aromatic carbocycles. The first-order valence-corrected chi connectivity index (χ1v) is 5.64. The Labute approximate surface area is 103 Å². The lowest BCUT2D eigenvalue weighted by atomic mass is 10.2. The van der Waals surface area contributed by atoms with Gasteiger partial charge in [0, 0.05) is 18.8 Å². The maximum absolute atomic E-state index is 10.9. The molecule has 94 valence electrons. The van der Waals surface area contributed by atoms with Gasteiger partial charge in [0.1, 0.15) is 5.82 Å². The van der Waals surface area contributed by atoms with Crippen LogP contribution in [0.1, 0.15) is 0 Å². The summed E-state index contributed by atoms with van der Waals surface area (Å²) in [6.07, 6.45) is 2.69. The van der Waals surface area contributed by atoms with Gasteiger partial charge in [-0.3, -0.25) is 0 Å². The molecule has 1 aliphatic rings. The van der Waals surface area contributed by atoms with E-state index in [2.05, 4.69) is 10.1 Å². The van der Waals surface area contributed by atoms with Gasteiger partial charge in [-0.2, -0.15) is 5.10 Å². The SMILES string of the molecule is O=C(O)C1CN(c2ccn3nccc3n2)CCO1. The first-order chi connectivity index (χ1) is 8.74. The monoisotopic (exact) mass is 248 g/mol. The van der Waals surface area contributed by atoms with Gasteiger partial charge in [-0.15, -0.1) is 0 Å². The molecule has 1 saturated heterocycles. The molecule has 0 bridgehead atoms. The summed E-state index contributed by atoms with van der Waals surface area (Å²) < 4.78 is 6.84. The van der Waals surface area contributed by atoms with Crippen LogP contribution >= 0.6 is 0 Å². The molecule has 0 amide bonds. The first-order valence-electron chi connectivity index (χ1n) is 5.64. The Hall–Kier alpha value is -2.15. The van der Waals surface area contributed by atoms with Gasteiger partial charge in [-0.25, -0.2) is 14.3 Å². The first kappa shape index (κ1) is 11.0. The van der Waals surface area contributed by atoms with Crippen molar-refractivity contribution in [1.82, 2.24) is 14.6 Å². The van der Waals surface area contributed by atoms with Gasteiger partial charge in [0.15, 0.2) is 11.8 Å². The normalized spacial score (nSPS) is 20.2. The minimum atomic E-state index is -0.940. The quantitative estimate of drug-likeness (QED) is 0.807. The number of hydrogen-bond donors (Lipinski definition) is 1. The van der Waals surface area contributed by atoms with Crippen molar-refractivity contribution in [3.8, 4) is 0 Å². The third-order valence-electron chi connectivity index (χ3n) is 2.91. The zero-order chi connectivity index (χ0) is 12.5. The van der Waals surface area contributed by atoms with Crippen LogP contribution in [0.4, 0.5) is 5.82 Å². The molecule has 0 saturated carbocycles. The molecule has 2 aromatic heterocycles. The lowest BCUT2D eigenvalue weighted by Crippen LogP contribution is -2.46. The van der Waals surface area contributed by atoms with Crippen LogP contribution in [0.5, 0.6) is 0 Å². The van der Waals surface area contributed by atoms with E-state index >= 15 is 0 Å². The van der Waals surface area contributed by atoms with Crippen molar-refractivity contribution >= 4 is 17.4 Å². The highest BCUT2D eigenvalue weighted by Gasteiger charge is 2.26. The molecule has 18 heavy (non-hydrogen) atoms. The number of anilines is 1. The summed E-state index contributed by atoms with van der Waals surface area (Å²) in [6, 6.07) is 3.63. The highest BCUT2D eigenvalue weighted by Crippen LogP contribution is 2.16. The Balaban J connectivity index is 1.86. The van der Waals surface area contributed by atoms with Gasteiger partial charge < -0.3 is 14.7 Å². The van der Waals surface area contributed by atoms with Crippen LogP contribution in [0.3, 0.4) is 0 Å². The number of aromatic nitrogens is 3. The van der Waals surface area contributed by atoms with E-state index in [0.29, 0.717) is 19.7 Å². The molecule has 1 aliphatic heterocycles. The van der Waals surface area contributed by atoms with E-state index in [1.54, 1.807) is 16.8 Å². The summed E-state index contributed by atoms with van der Waals surface area (Å²) in [5.74, 6) is -0.192. The van der Waals surface area contributed by atoms with Crippen LogP contribution in [0.25, 0.3) is 5.65 Å². The molecule has 3 rings (SSSR count). The summed E-state index contributed by atoms with van der Waals surface area (Å²) >= 11 is 0. The van der Waals surface area contributed by atoms with E-state index in [-0.39, 0.29) is 0 Å². The van der Waals surface area contributed by atoms with E-state index in [4.69, 9.17) is 9.84 Å². The number of fused-ring (bicyclic) bond motifs is 1. The third kappa shape index (κ3) is 1.88. The van der Waals surface area contributed by atoms with E-state index in [1.807, 2.05) is 17.2 Å². The van der Waals surface area contributed by atoms with Gasteiger partial charge >= 0.3 is 5.97 Å². The number of aliphatic carboxylic acids is 1. The van der Waals surface area contributed by atoms with Crippen LogP contribution < -0.4 is 4.90 Å². The van der Waals surface area contributed by atoms with Crippen molar-refractivity contribution in [1.29, 1.82) is 0 Å². The Morgan fingerprint density at radius 2 is 2.39 bits per heavy atom. The van der Waals surface area contributed by atoms with E-state index in [9.17, 15) is 4.79 Å². The molecule has 1 fully saturated rings. The second kappa shape index (κ2) is 4.26. The average Bonchev–Trinajstić information content (AvgIpc) is 2.86. The fraction of sp³-hybridized carbons (Fsp3) is 0.364. The maximum Gasteiger partial charge on any atom is 0.334 e. The van der Waals surface area contributed by atoms with Gasteiger partial charge in [0.2, 0.25) is 0 Å². The minimum Gasteiger partial charge on any atom is -0.479 e. The number of nitrogens with zero attached hydrogens (tertiary/aromatic N) is 4. The molecule has 0 aliphatic carbocycles. The lowest BCUT2D eigenvalue weighted by Gasteiger charge is -2.31. The smallest absolute Gasteiger partial charge is 0.334 e. The highest BCUT2D eigenvalue weighted by molar-refractivity contribution is 5.73. The van der Waals surface area contributed by atoms with Gasteiger partial charge in [-0.1, -0.05) is 0 Å². The number of carboxylic acids is 1. The predicted molar refractivity (Wildman–Crippen MR) is 62.6 cm³/mol. The van der Waals surface area contributed by atoms with E-state index < -0.39 is 12.1 Å². The lowest BCUT2D eigenvalue weighted by molar-refractivity contribution is -0.150. The predicted octanol–water partition coefficient (Wildman–Crippen LogP) is 0.0191. The van der Waals surface area contributed by atoms with Crippen molar-refractivity contribution in [2.24, 2.45) is 0 Å².